The monoisotopic (exact) mass is 261 g/mol. The van der Waals surface area contributed by atoms with Gasteiger partial charge in [0.05, 0.1) is 13.2 Å². The molecule has 0 heterocycles. The zero-order chi connectivity index (χ0) is 13.9. The van der Waals surface area contributed by atoms with E-state index in [1.165, 1.54) is 14.0 Å². The number of ether oxygens (including phenoxy) is 1. The van der Waals surface area contributed by atoms with Crippen LogP contribution in [0.3, 0.4) is 0 Å². The fourth-order valence-corrected chi connectivity index (χ4v) is 1.60. The van der Waals surface area contributed by atoms with Gasteiger partial charge in [0.1, 0.15) is 5.75 Å². The summed E-state index contributed by atoms with van der Waals surface area (Å²) in [6.45, 7) is 1.52. The molecule has 3 nitrogen and oxygen atoms in total. The summed E-state index contributed by atoms with van der Waals surface area (Å²) < 4.78 is 42.1. The van der Waals surface area contributed by atoms with Gasteiger partial charge in [0.2, 0.25) is 0 Å². The topological polar surface area (TPSA) is 29.5 Å². The van der Waals surface area contributed by atoms with Gasteiger partial charge < -0.3 is 9.64 Å². The van der Waals surface area contributed by atoms with Crippen molar-refractivity contribution in [1.29, 1.82) is 0 Å². The highest BCUT2D eigenvalue weighted by Gasteiger charge is 2.42. The van der Waals surface area contributed by atoms with Gasteiger partial charge in [-0.05, 0) is 13.0 Å². The van der Waals surface area contributed by atoms with Crippen molar-refractivity contribution < 1.29 is 22.7 Å². The summed E-state index contributed by atoms with van der Waals surface area (Å²) in [5.41, 5.74) is 0.528. The lowest BCUT2D eigenvalue weighted by Crippen LogP contribution is -2.39. The number of hydrogen-bond acceptors (Lipinski definition) is 2. The minimum Gasteiger partial charge on any atom is -0.496 e. The average molecular weight is 261 g/mol. The third-order valence-corrected chi connectivity index (χ3v) is 2.73. The number of rotatable bonds is 3. The van der Waals surface area contributed by atoms with Crippen molar-refractivity contribution in [3.8, 4) is 5.75 Å². The summed E-state index contributed by atoms with van der Waals surface area (Å²) >= 11 is 0. The zero-order valence-corrected chi connectivity index (χ0v) is 10.3. The van der Waals surface area contributed by atoms with Crippen LogP contribution in [-0.2, 0) is 4.79 Å². The first-order valence-corrected chi connectivity index (χ1v) is 5.26. The summed E-state index contributed by atoms with van der Waals surface area (Å²) in [7, 11) is 2.55. The molecule has 0 fully saturated rings. The fraction of sp³-hybridized carbons (Fsp3) is 0.417. The van der Waals surface area contributed by atoms with Crippen LogP contribution >= 0.6 is 0 Å². The normalized spacial score (nSPS) is 13.0. The number of methoxy groups -OCH3 is 1. The predicted molar refractivity (Wildman–Crippen MR) is 60.2 cm³/mol. The molecule has 0 aliphatic heterocycles. The molecule has 0 saturated carbocycles. The molecule has 0 bridgehead atoms. The molecule has 1 aromatic carbocycles. The van der Waals surface area contributed by atoms with Crippen LogP contribution in [0.25, 0.3) is 0 Å². The van der Waals surface area contributed by atoms with E-state index in [1.807, 2.05) is 0 Å². The molecule has 1 aromatic rings. The smallest absolute Gasteiger partial charge is 0.471 e. The zero-order valence-electron chi connectivity index (χ0n) is 10.3. The summed E-state index contributed by atoms with van der Waals surface area (Å²) in [6.07, 6.45) is -4.87. The molecule has 100 valence electrons. The molecule has 1 rings (SSSR count). The molecular weight excluding hydrogens is 247 g/mol. The number of alkyl halides is 3. The van der Waals surface area contributed by atoms with E-state index < -0.39 is 18.1 Å². The van der Waals surface area contributed by atoms with E-state index in [2.05, 4.69) is 0 Å². The van der Waals surface area contributed by atoms with E-state index in [-0.39, 0.29) is 0 Å². The van der Waals surface area contributed by atoms with Crippen LogP contribution in [0, 0.1) is 0 Å². The van der Waals surface area contributed by atoms with Gasteiger partial charge in [0.25, 0.3) is 0 Å². The first kappa shape index (κ1) is 14.3. The highest BCUT2D eigenvalue weighted by molar-refractivity contribution is 5.82. The molecule has 0 N–H and O–H groups in total. The van der Waals surface area contributed by atoms with E-state index in [1.54, 1.807) is 24.3 Å². The van der Waals surface area contributed by atoms with Crippen molar-refractivity contribution in [3.63, 3.8) is 0 Å². The minimum absolute atomic E-state index is 0.451. The lowest BCUT2D eigenvalue weighted by molar-refractivity contribution is -0.186. The fourth-order valence-electron chi connectivity index (χ4n) is 1.60. The second-order valence-electron chi connectivity index (χ2n) is 3.83. The molecule has 6 heteroatoms. The van der Waals surface area contributed by atoms with E-state index in [4.69, 9.17) is 4.74 Å². The Hall–Kier alpha value is -1.72. The lowest BCUT2D eigenvalue weighted by atomic mass is 10.1. The number of hydrogen-bond donors (Lipinski definition) is 0. The molecule has 1 amide bonds. The Bertz CT molecular complexity index is 432. The molecule has 0 aliphatic carbocycles. The van der Waals surface area contributed by atoms with Crippen LogP contribution in [0.5, 0.6) is 5.75 Å². The van der Waals surface area contributed by atoms with Crippen LogP contribution in [0.1, 0.15) is 18.5 Å². The summed E-state index contributed by atoms with van der Waals surface area (Å²) in [5.74, 6) is -1.42. The van der Waals surface area contributed by atoms with Crippen LogP contribution in [0.4, 0.5) is 13.2 Å². The number of para-hydroxylation sites is 1. The number of halogens is 3. The third kappa shape index (κ3) is 2.94. The van der Waals surface area contributed by atoms with Crippen molar-refractivity contribution in [2.45, 2.75) is 19.1 Å². The van der Waals surface area contributed by atoms with Crippen LogP contribution in [0.15, 0.2) is 24.3 Å². The van der Waals surface area contributed by atoms with E-state index in [9.17, 15) is 18.0 Å². The van der Waals surface area contributed by atoms with Crippen molar-refractivity contribution in [2.75, 3.05) is 14.2 Å². The van der Waals surface area contributed by atoms with Crippen molar-refractivity contribution in [2.24, 2.45) is 0 Å². The Balaban J connectivity index is 3.00. The first-order valence-electron chi connectivity index (χ1n) is 5.26. The van der Waals surface area contributed by atoms with Crippen molar-refractivity contribution in [3.05, 3.63) is 29.8 Å². The molecular formula is C12H14F3NO2. The molecule has 18 heavy (non-hydrogen) atoms. The van der Waals surface area contributed by atoms with Crippen LogP contribution in [0.2, 0.25) is 0 Å². The van der Waals surface area contributed by atoms with Gasteiger partial charge in [-0.25, -0.2) is 0 Å². The third-order valence-electron chi connectivity index (χ3n) is 2.73. The van der Waals surface area contributed by atoms with Crippen molar-refractivity contribution in [1.82, 2.24) is 4.90 Å². The largest absolute Gasteiger partial charge is 0.496 e. The van der Waals surface area contributed by atoms with Crippen molar-refractivity contribution >= 4 is 5.91 Å². The summed E-state index contributed by atoms with van der Waals surface area (Å²) in [5, 5.41) is 0. The van der Waals surface area contributed by atoms with Crippen LogP contribution in [-0.4, -0.2) is 31.1 Å². The van der Waals surface area contributed by atoms with Gasteiger partial charge >= 0.3 is 12.1 Å². The van der Waals surface area contributed by atoms with Crippen LogP contribution < -0.4 is 4.74 Å². The molecule has 1 unspecified atom stereocenters. The number of carbonyl (C=O) groups excluding carboxylic acids is 1. The maximum Gasteiger partial charge on any atom is 0.471 e. The highest BCUT2D eigenvalue weighted by Crippen LogP contribution is 2.30. The Kier molecular flexibility index (Phi) is 4.21. The molecule has 0 aromatic heterocycles. The van der Waals surface area contributed by atoms with Gasteiger partial charge in [-0.3, -0.25) is 4.79 Å². The van der Waals surface area contributed by atoms with E-state index in [0.29, 0.717) is 16.2 Å². The maximum absolute atomic E-state index is 12.3. The molecule has 0 radical (unpaired) electrons. The summed E-state index contributed by atoms with van der Waals surface area (Å²) in [6, 6.07) is 5.93. The Morgan fingerprint density at radius 3 is 2.39 bits per heavy atom. The number of benzene rings is 1. The average Bonchev–Trinajstić information content (AvgIpc) is 2.34. The second-order valence-corrected chi connectivity index (χ2v) is 3.83. The number of nitrogens with zero attached hydrogens (tertiary/aromatic N) is 1. The highest BCUT2D eigenvalue weighted by atomic mass is 19.4. The minimum atomic E-state index is -4.87. The lowest BCUT2D eigenvalue weighted by Gasteiger charge is -2.27. The Morgan fingerprint density at radius 2 is 1.89 bits per heavy atom. The first-order chi connectivity index (χ1) is 8.29. The SMILES string of the molecule is COc1ccccc1C(C)N(C)C(=O)C(F)(F)F. The quantitative estimate of drug-likeness (QED) is 0.837. The number of amides is 1. The van der Waals surface area contributed by atoms with E-state index in [0.717, 1.165) is 7.05 Å². The standard InChI is InChI=1S/C12H14F3NO2/c1-8(16(2)11(17)12(13,14)15)9-6-4-5-7-10(9)18-3/h4-8H,1-3H3. The molecule has 0 spiro atoms. The number of carbonyl (C=O) groups is 1. The van der Waals surface area contributed by atoms with E-state index >= 15 is 0 Å². The predicted octanol–water partition coefficient (Wildman–Crippen LogP) is 2.78. The van der Waals surface area contributed by atoms with Gasteiger partial charge in [0, 0.05) is 12.6 Å². The van der Waals surface area contributed by atoms with Gasteiger partial charge in [-0.15, -0.1) is 0 Å². The molecule has 0 saturated heterocycles. The van der Waals surface area contributed by atoms with Gasteiger partial charge in [0.15, 0.2) is 0 Å². The summed E-state index contributed by atoms with van der Waals surface area (Å²) in [4.78, 5) is 11.8. The van der Waals surface area contributed by atoms with Gasteiger partial charge in [-0.1, -0.05) is 18.2 Å². The maximum atomic E-state index is 12.3. The Morgan fingerprint density at radius 1 is 1.33 bits per heavy atom. The molecule has 1 atom stereocenters. The Labute approximate surface area is 103 Å². The second kappa shape index (κ2) is 5.29. The molecule has 0 aliphatic rings. The van der Waals surface area contributed by atoms with Gasteiger partial charge in [-0.2, -0.15) is 13.2 Å².